The number of anilines is 1. The molecule has 1 atom stereocenters. The maximum atomic E-state index is 6.35. The number of fused-ring (bicyclic) bond motifs is 2. The Morgan fingerprint density at radius 3 is 2.96 bits per heavy atom. The number of piperidine rings is 1. The van der Waals surface area contributed by atoms with Gasteiger partial charge in [0.15, 0.2) is 0 Å². The van der Waals surface area contributed by atoms with Crippen LogP contribution in [0.5, 0.6) is 0 Å². The van der Waals surface area contributed by atoms with Crippen molar-refractivity contribution in [1.29, 1.82) is 0 Å². The predicted molar refractivity (Wildman–Crippen MR) is 101 cm³/mol. The van der Waals surface area contributed by atoms with Gasteiger partial charge in [0.05, 0.1) is 25.5 Å². The maximum Gasteiger partial charge on any atom is 0.225 e. The molecule has 1 aromatic rings. The van der Waals surface area contributed by atoms with E-state index in [4.69, 9.17) is 14.5 Å². The monoisotopic (exact) mass is 361 g/mol. The number of ether oxygens (including phenoxy) is 2. The van der Waals surface area contributed by atoms with Crippen LogP contribution >= 0.6 is 0 Å². The van der Waals surface area contributed by atoms with Crippen molar-refractivity contribution in [3.05, 3.63) is 17.5 Å². The van der Waals surface area contributed by atoms with Crippen molar-refractivity contribution in [2.75, 3.05) is 71.5 Å². The molecule has 0 bridgehead atoms. The van der Waals surface area contributed by atoms with Crippen LogP contribution in [0.1, 0.15) is 24.1 Å². The summed E-state index contributed by atoms with van der Waals surface area (Å²) in [5.74, 6) is 1.35. The highest BCUT2D eigenvalue weighted by Crippen LogP contribution is 2.40. The Balaban J connectivity index is 1.44. The number of hydrogen-bond donors (Lipinski definition) is 1. The van der Waals surface area contributed by atoms with Crippen LogP contribution in [0, 0.1) is 5.92 Å². The first-order chi connectivity index (χ1) is 12.7. The molecule has 3 aliphatic rings. The Hall–Kier alpha value is -1.28. The lowest BCUT2D eigenvalue weighted by Gasteiger charge is -2.44. The Morgan fingerprint density at radius 1 is 1.31 bits per heavy atom. The SMILES string of the molecule is CN(C)c1ncc2c(n1)C1(CCN(CC3CNCCOC3)CC1)OCC2. The number of likely N-dealkylation sites (tertiary alicyclic amines) is 1. The zero-order chi connectivity index (χ0) is 18.0. The molecule has 0 radical (unpaired) electrons. The van der Waals surface area contributed by atoms with Gasteiger partial charge < -0.3 is 24.6 Å². The molecule has 144 valence electrons. The Bertz CT molecular complexity index is 608. The summed E-state index contributed by atoms with van der Waals surface area (Å²) >= 11 is 0. The number of aromatic nitrogens is 2. The first-order valence-electron chi connectivity index (χ1n) is 9.85. The lowest BCUT2D eigenvalue weighted by molar-refractivity contribution is -0.103. The molecule has 26 heavy (non-hydrogen) atoms. The van der Waals surface area contributed by atoms with Gasteiger partial charge in [-0.2, -0.15) is 0 Å². The summed E-state index contributed by atoms with van der Waals surface area (Å²) in [4.78, 5) is 13.9. The topological polar surface area (TPSA) is 62.8 Å². The first-order valence-corrected chi connectivity index (χ1v) is 9.85. The molecule has 1 spiro atoms. The highest BCUT2D eigenvalue weighted by atomic mass is 16.5. The van der Waals surface area contributed by atoms with Gasteiger partial charge >= 0.3 is 0 Å². The molecule has 1 unspecified atom stereocenters. The fourth-order valence-electron chi connectivity index (χ4n) is 4.33. The van der Waals surface area contributed by atoms with Gasteiger partial charge in [0.25, 0.3) is 0 Å². The minimum absolute atomic E-state index is 0.226. The van der Waals surface area contributed by atoms with E-state index in [1.165, 1.54) is 5.56 Å². The van der Waals surface area contributed by atoms with Crippen molar-refractivity contribution >= 4 is 5.95 Å². The molecule has 3 aliphatic heterocycles. The summed E-state index contributed by atoms with van der Waals surface area (Å²) in [6, 6.07) is 0. The van der Waals surface area contributed by atoms with E-state index in [0.717, 1.165) is 83.4 Å². The molecule has 0 amide bonds. The van der Waals surface area contributed by atoms with Crippen LogP contribution in [0.2, 0.25) is 0 Å². The van der Waals surface area contributed by atoms with Gasteiger partial charge in [-0.1, -0.05) is 0 Å². The van der Waals surface area contributed by atoms with Gasteiger partial charge in [-0.25, -0.2) is 9.97 Å². The fourth-order valence-corrected chi connectivity index (χ4v) is 4.33. The number of rotatable bonds is 3. The summed E-state index contributed by atoms with van der Waals surface area (Å²) in [6.07, 6.45) is 4.93. The standard InChI is InChI=1S/C19H31N5O2/c1-23(2)18-21-12-16-3-9-26-19(17(16)22-18)4-7-24(8-5-19)13-15-11-20-6-10-25-14-15/h12,15,20H,3-11,13-14H2,1-2H3. The molecule has 0 aromatic carbocycles. The van der Waals surface area contributed by atoms with Crippen molar-refractivity contribution < 1.29 is 9.47 Å². The van der Waals surface area contributed by atoms with Crippen LogP contribution in [0.4, 0.5) is 5.95 Å². The summed E-state index contributed by atoms with van der Waals surface area (Å²) in [5, 5.41) is 3.48. The van der Waals surface area contributed by atoms with Gasteiger partial charge in [-0.15, -0.1) is 0 Å². The van der Waals surface area contributed by atoms with Gasteiger partial charge in [0.2, 0.25) is 5.95 Å². The van der Waals surface area contributed by atoms with Crippen LogP contribution in [0.25, 0.3) is 0 Å². The predicted octanol–water partition coefficient (Wildman–Crippen LogP) is 0.642. The van der Waals surface area contributed by atoms with Crippen LogP contribution < -0.4 is 10.2 Å². The van der Waals surface area contributed by atoms with E-state index in [1.807, 2.05) is 25.2 Å². The zero-order valence-corrected chi connectivity index (χ0v) is 16.0. The van der Waals surface area contributed by atoms with Crippen molar-refractivity contribution in [1.82, 2.24) is 20.2 Å². The third kappa shape index (κ3) is 3.71. The largest absolute Gasteiger partial charge is 0.380 e. The van der Waals surface area contributed by atoms with E-state index in [9.17, 15) is 0 Å². The highest BCUT2D eigenvalue weighted by Gasteiger charge is 2.42. The quantitative estimate of drug-likeness (QED) is 0.848. The number of nitrogens with zero attached hydrogens (tertiary/aromatic N) is 4. The zero-order valence-electron chi connectivity index (χ0n) is 16.0. The van der Waals surface area contributed by atoms with Crippen LogP contribution in [0.3, 0.4) is 0 Å². The second kappa shape index (κ2) is 7.76. The molecule has 1 aromatic heterocycles. The van der Waals surface area contributed by atoms with E-state index in [0.29, 0.717) is 5.92 Å². The average Bonchev–Trinajstić information content (AvgIpc) is 2.92. The summed E-state index contributed by atoms with van der Waals surface area (Å²) < 4.78 is 12.1. The van der Waals surface area contributed by atoms with Crippen LogP contribution in [-0.2, 0) is 21.5 Å². The Morgan fingerprint density at radius 2 is 2.15 bits per heavy atom. The second-order valence-electron chi connectivity index (χ2n) is 7.98. The van der Waals surface area contributed by atoms with Crippen LogP contribution in [0.15, 0.2) is 6.20 Å². The molecular weight excluding hydrogens is 330 g/mol. The minimum Gasteiger partial charge on any atom is -0.380 e. The van der Waals surface area contributed by atoms with Crippen molar-refractivity contribution in [3.8, 4) is 0 Å². The van der Waals surface area contributed by atoms with Crippen LogP contribution in [-0.4, -0.2) is 81.5 Å². The molecule has 7 heteroatoms. The van der Waals surface area contributed by atoms with Gasteiger partial charge in [-0.3, -0.25) is 0 Å². The van der Waals surface area contributed by atoms with E-state index >= 15 is 0 Å². The highest BCUT2D eigenvalue weighted by molar-refractivity contribution is 5.35. The molecule has 2 fully saturated rings. The summed E-state index contributed by atoms with van der Waals surface area (Å²) in [6.45, 7) is 7.71. The molecule has 2 saturated heterocycles. The maximum absolute atomic E-state index is 6.35. The van der Waals surface area contributed by atoms with Gasteiger partial charge in [0.1, 0.15) is 5.60 Å². The van der Waals surface area contributed by atoms with Gasteiger partial charge in [0, 0.05) is 58.9 Å². The molecule has 0 aliphatic carbocycles. The molecule has 0 saturated carbocycles. The summed E-state index contributed by atoms with van der Waals surface area (Å²) in [7, 11) is 3.98. The van der Waals surface area contributed by atoms with Crippen molar-refractivity contribution in [2.45, 2.75) is 24.9 Å². The van der Waals surface area contributed by atoms with E-state index in [-0.39, 0.29) is 5.60 Å². The molecule has 1 N–H and O–H groups in total. The van der Waals surface area contributed by atoms with Crippen molar-refractivity contribution in [3.63, 3.8) is 0 Å². The Kier molecular flexibility index (Phi) is 5.40. The first kappa shape index (κ1) is 18.1. The molecule has 4 rings (SSSR count). The third-order valence-electron chi connectivity index (χ3n) is 5.82. The van der Waals surface area contributed by atoms with Crippen molar-refractivity contribution in [2.24, 2.45) is 5.92 Å². The van der Waals surface area contributed by atoms with E-state index < -0.39 is 0 Å². The minimum atomic E-state index is -0.226. The summed E-state index contributed by atoms with van der Waals surface area (Å²) in [5.41, 5.74) is 2.16. The third-order valence-corrected chi connectivity index (χ3v) is 5.82. The molecule has 7 nitrogen and oxygen atoms in total. The normalized spacial score (nSPS) is 26.3. The lowest BCUT2D eigenvalue weighted by Crippen LogP contribution is -2.49. The number of hydrogen-bond acceptors (Lipinski definition) is 7. The van der Waals surface area contributed by atoms with E-state index in [1.54, 1.807) is 0 Å². The molecule has 4 heterocycles. The fraction of sp³-hybridized carbons (Fsp3) is 0.789. The number of nitrogens with one attached hydrogen (secondary N) is 1. The molecular formula is C19H31N5O2. The second-order valence-corrected chi connectivity index (χ2v) is 7.98. The van der Waals surface area contributed by atoms with E-state index in [2.05, 4.69) is 15.2 Å². The van der Waals surface area contributed by atoms with Gasteiger partial charge in [-0.05, 0) is 24.8 Å². The average molecular weight is 361 g/mol. The lowest BCUT2D eigenvalue weighted by atomic mass is 9.83. The Labute approximate surface area is 156 Å². The smallest absolute Gasteiger partial charge is 0.225 e.